The minimum atomic E-state index is -0.263. The Morgan fingerprint density at radius 3 is 2.28 bits per heavy atom. The van der Waals surface area contributed by atoms with E-state index in [1.54, 1.807) is 42.4 Å². The standard InChI is InChI=1S/C23H28N2O4/c1-5-25(6-2)23(27)18-10-12-19(13-11-18)24-22(26)15-9-17-8-14-20(29-7-3)21(16-17)28-4/h8-16H,5-7H2,1-4H3,(H,24,26). The van der Waals surface area contributed by atoms with Crippen molar-refractivity contribution < 1.29 is 19.1 Å². The van der Waals surface area contributed by atoms with Crippen LogP contribution in [0.1, 0.15) is 36.7 Å². The number of nitrogens with zero attached hydrogens (tertiary/aromatic N) is 1. The van der Waals surface area contributed by atoms with E-state index < -0.39 is 0 Å². The monoisotopic (exact) mass is 396 g/mol. The van der Waals surface area contributed by atoms with Crippen molar-refractivity contribution in [2.45, 2.75) is 20.8 Å². The van der Waals surface area contributed by atoms with E-state index in [2.05, 4.69) is 5.32 Å². The third kappa shape index (κ3) is 6.10. The number of hydrogen-bond acceptors (Lipinski definition) is 4. The lowest BCUT2D eigenvalue weighted by atomic mass is 10.1. The van der Waals surface area contributed by atoms with Gasteiger partial charge in [-0.05, 0) is 68.8 Å². The van der Waals surface area contributed by atoms with Gasteiger partial charge in [-0.25, -0.2) is 0 Å². The van der Waals surface area contributed by atoms with Crippen LogP contribution in [0.3, 0.4) is 0 Å². The molecule has 154 valence electrons. The highest BCUT2D eigenvalue weighted by molar-refractivity contribution is 6.02. The van der Waals surface area contributed by atoms with E-state index in [1.165, 1.54) is 6.08 Å². The average molecular weight is 396 g/mol. The highest BCUT2D eigenvalue weighted by Gasteiger charge is 2.12. The highest BCUT2D eigenvalue weighted by Crippen LogP contribution is 2.28. The molecule has 0 spiro atoms. The fourth-order valence-corrected chi connectivity index (χ4v) is 2.81. The van der Waals surface area contributed by atoms with Gasteiger partial charge in [0.25, 0.3) is 5.91 Å². The number of carbonyl (C=O) groups excluding carboxylic acids is 2. The van der Waals surface area contributed by atoms with Crippen LogP contribution in [0.2, 0.25) is 0 Å². The first-order valence-electron chi connectivity index (χ1n) is 9.71. The molecule has 0 saturated heterocycles. The number of hydrogen-bond donors (Lipinski definition) is 1. The normalized spacial score (nSPS) is 10.6. The van der Waals surface area contributed by atoms with Gasteiger partial charge in [0.1, 0.15) is 0 Å². The molecule has 0 aromatic heterocycles. The number of benzene rings is 2. The van der Waals surface area contributed by atoms with Gasteiger partial charge in [0.15, 0.2) is 11.5 Å². The molecule has 1 N–H and O–H groups in total. The van der Waals surface area contributed by atoms with Gasteiger partial charge >= 0.3 is 0 Å². The summed E-state index contributed by atoms with van der Waals surface area (Å²) in [6, 6.07) is 12.4. The van der Waals surface area contributed by atoms with Gasteiger partial charge < -0.3 is 19.7 Å². The number of rotatable bonds is 9. The number of anilines is 1. The van der Waals surface area contributed by atoms with Crippen molar-refractivity contribution in [3.05, 3.63) is 59.7 Å². The van der Waals surface area contributed by atoms with E-state index in [0.29, 0.717) is 42.4 Å². The molecule has 0 unspecified atom stereocenters. The lowest BCUT2D eigenvalue weighted by Gasteiger charge is -2.18. The molecule has 0 heterocycles. The molecular weight excluding hydrogens is 368 g/mol. The van der Waals surface area contributed by atoms with Gasteiger partial charge in [-0.15, -0.1) is 0 Å². The van der Waals surface area contributed by atoms with Crippen LogP contribution in [0.15, 0.2) is 48.5 Å². The number of amides is 2. The summed E-state index contributed by atoms with van der Waals surface area (Å²) in [5.74, 6) is 0.997. The third-order valence-electron chi connectivity index (χ3n) is 4.36. The zero-order chi connectivity index (χ0) is 21.2. The lowest BCUT2D eigenvalue weighted by molar-refractivity contribution is -0.111. The van der Waals surface area contributed by atoms with Gasteiger partial charge in [0.2, 0.25) is 5.91 Å². The minimum Gasteiger partial charge on any atom is -0.493 e. The predicted molar refractivity (Wildman–Crippen MR) is 116 cm³/mol. The molecule has 6 nitrogen and oxygen atoms in total. The summed E-state index contributed by atoms with van der Waals surface area (Å²) in [4.78, 5) is 26.3. The summed E-state index contributed by atoms with van der Waals surface area (Å²) in [7, 11) is 1.58. The maximum Gasteiger partial charge on any atom is 0.253 e. The van der Waals surface area contributed by atoms with Gasteiger partial charge in [0, 0.05) is 30.4 Å². The molecule has 0 bridgehead atoms. The van der Waals surface area contributed by atoms with Crippen molar-refractivity contribution in [3.8, 4) is 11.5 Å². The maximum atomic E-state index is 12.3. The quantitative estimate of drug-likeness (QED) is 0.644. The van der Waals surface area contributed by atoms with E-state index in [4.69, 9.17) is 9.47 Å². The third-order valence-corrected chi connectivity index (χ3v) is 4.36. The summed E-state index contributed by atoms with van der Waals surface area (Å²) < 4.78 is 10.8. The molecule has 0 atom stereocenters. The fourth-order valence-electron chi connectivity index (χ4n) is 2.81. The first-order valence-corrected chi connectivity index (χ1v) is 9.71. The van der Waals surface area contributed by atoms with E-state index in [1.807, 2.05) is 39.0 Å². The summed E-state index contributed by atoms with van der Waals surface area (Å²) in [5, 5.41) is 2.79. The topological polar surface area (TPSA) is 67.9 Å². The second-order valence-corrected chi connectivity index (χ2v) is 6.22. The Morgan fingerprint density at radius 2 is 1.69 bits per heavy atom. The van der Waals surface area contributed by atoms with E-state index >= 15 is 0 Å². The largest absolute Gasteiger partial charge is 0.493 e. The Morgan fingerprint density at radius 1 is 1.00 bits per heavy atom. The zero-order valence-electron chi connectivity index (χ0n) is 17.4. The van der Waals surface area contributed by atoms with Gasteiger partial charge in [-0.3, -0.25) is 9.59 Å². The summed E-state index contributed by atoms with van der Waals surface area (Å²) >= 11 is 0. The summed E-state index contributed by atoms with van der Waals surface area (Å²) in [6.45, 7) is 7.67. The molecule has 2 aromatic carbocycles. The number of methoxy groups -OCH3 is 1. The van der Waals surface area contributed by atoms with Crippen LogP contribution in [0.4, 0.5) is 5.69 Å². The number of ether oxygens (including phenoxy) is 2. The molecule has 29 heavy (non-hydrogen) atoms. The van der Waals surface area contributed by atoms with Crippen molar-refractivity contribution >= 4 is 23.6 Å². The Kier molecular flexibility index (Phi) is 8.27. The fraction of sp³-hybridized carbons (Fsp3) is 0.304. The summed E-state index contributed by atoms with van der Waals surface area (Å²) in [5.41, 5.74) is 2.05. The molecule has 0 aliphatic heterocycles. The van der Waals surface area contributed by atoms with Crippen molar-refractivity contribution in [2.75, 3.05) is 32.1 Å². The van der Waals surface area contributed by atoms with Crippen molar-refractivity contribution in [3.63, 3.8) is 0 Å². The average Bonchev–Trinajstić information content (AvgIpc) is 2.74. The van der Waals surface area contributed by atoms with Gasteiger partial charge in [-0.2, -0.15) is 0 Å². The summed E-state index contributed by atoms with van der Waals surface area (Å²) in [6.07, 6.45) is 3.15. The second-order valence-electron chi connectivity index (χ2n) is 6.22. The van der Waals surface area contributed by atoms with E-state index in [-0.39, 0.29) is 11.8 Å². The first-order chi connectivity index (χ1) is 14.0. The van der Waals surface area contributed by atoms with Crippen molar-refractivity contribution in [1.29, 1.82) is 0 Å². The van der Waals surface area contributed by atoms with E-state index in [9.17, 15) is 9.59 Å². The number of nitrogens with one attached hydrogen (secondary N) is 1. The first kappa shape index (κ1) is 22.0. The Bertz CT molecular complexity index is 856. The van der Waals surface area contributed by atoms with Gasteiger partial charge in [0.05, 0.1) is 13.7 Å². The van der Waals surface area contributed by atoms with Crippen LogP contribution >= 0.6 is 0 Å². The SMILES string of the molecule is CCOc1ccc(C=CC(=O)Nc2ccc(C(=O)N(CC)CC)cc2)cc1OC. The zero-order valence-corrected chi connectivity index (χ0v) is 17.4. The second kappa shape index (κ2) is 10.9. The van der Waals surface area contributed by atoms with Crippen LogP contribution in [0, 0.1) is 0 Å². The van der Waals surface area contributed by atoms with Crippen molar-refractivity contribution in [1.82, 2.24) is 4.90 Å². The molecule has 6 heteroatoms. The molecule has 0 radical (unpaired) electrons. The molecule has 0 aliphatic rings. The molecule has 2 rings (SSSR count). The molecular formula is C23H28N2O4. The van der Waals surface area contributed by atoms with Crippen LogP contribution in [-0.2, 0) is 4.79 Å². The van der Waals surface area contributed by atoms with Crippen LogP contribution < -0.4 is 14.8 Å². The lowest BCUT2D eigenvalue weighted by Crippen LogP contribution is -2.30. The molecule has 0 fully saturated rings. The van der Waals surface area contributed by atoms with Crippen LogP contribution in [0.25, 0.3) is 6.08 Å². The van der Waals surface area contributed by atoms with Gasteiger partial charge in [-0.1, -0.05) is 6.07 Å². The molecule has 2 amide bonds. The highest BCUT2D eigenvalue weighted by atomic mass is 16.5. The minimum absolute atomic E-state index is 0.0165. The van der Waals surface area contributed by atoms with Crippen LogP contribution in [0.5, 0.6) is 11.5 Å². The predicted octanol–water partition coefficient (Wildman–Crippen LogP) is 4.23. The molecule has 0 aliphatic carbocycles. The van der Waals surface area contributed by atoms with E-state index in [0.717, 1.165) is 5.56 Å². The van der Waals surface area contributed by atoms with Crippen molar-refractivity contribution in [2.24, 2.45) is 0 Å². The maximum absolute atomic E-state index is 12.3. The Balaban J connectivity index is 2.01. The number of carbonyl (C=O) groups is 2. The molecule has 0 saturated carbocycles. The molecule has 2 aromatic rings. The smallest absolute Gasteiger partial charge is 0.253 e. The van der Waals surface area contributed by atoms with Crippen LogP contribution in [-0.4, -0.2) is 43.5 Å². The Hall–Kier alpha value is -3.28. The Labute approximate surface area is 172 Å².